The van der Waals surface area contributed by atoms with Crippen molar-refractivity contribution in [2.45, 2.75) is 19.9 Å². The van der Waals surface area contributed by atoms with Gasteiger partial charge in [0.05, 0.1) is 23.2 Å². The molecule has 32 heavy (non-hydrogen) atoms. The third kappa shape index (κ3) is 4.54. The molecular formula is C24H24ClN3O4. The van der Waals surface area contributed by atoms with E-state index in [9.17, 15) is 9.59 Å². The van der Waals surface area contributed by atoms with Gasteiger partial charge in [-0.1, -0.05) is 36.7 Å². The maximum Gasteiger partial charge on any atom is 0.339 e. The number of carbonyl (C=O) groups is 2. The van der Waals surface area contributed by atoms with E-state index in [1.54, 1.807) is 18.2 Å². The van der Waals surface area contributed by atoms with Crippen LogP contribution >= 0.6 is 11.6 Å². The molecule has 1 amide bonds. The smallest absolute Gasteiger partial charge is 0.339 e. The Labute approximate surface area is 191 Å². The van der Waals surface area contributed by atoms with E-state index in [1.165, 1.54) is 7.11 Å². The van der Waals surface area contributed by atoms with Gasteiger partial charge in [-0.3, -0.25) is 14.7 Å². The number of nitrogens with zero attached hydrogens (tertiary/aromatic N) is 2. The Bertz CT molecular complexity index is 1180. The molecule has 2 aromatic carbocycles. The molecule has 3 aromatic rings. The normalized spacial score (nSPS) is 13.5. The van der Waals surface area contributed by atoms with Crippen molar-refractivity contribution in [2.75, 3.05) is 32.1 Å². The third-order valence-electron chi connectivity index (χ3n) is 5.55. The van der Waals surface area contributed by atoms with Crippen LogP contribution < -0.4 is 10.1 Å². The molecule has 0 aliphatic carbocycles. The summed E-state index contributed by atoms with van der Waals surface area (Å²) in [6.45, 7) is 4.09. The molecule has 0 unspecified atom stereocenters. The number of rotatable bonds is 6. The lowest BCUT2D eigenvalue weighted by atomic mass is 9.96. The molecule has 1 aromatic heterocycles. The second kappa shape index (κ2) is 9.54. The van der Waals surface area contributed by atoms with Gasteiger partial charge >= 0.3 is 5.97 Å². The van der Waals surface area contributed by atoms with Crippen LogP contribution in [-0.4, -0.2) is 48.6 Å². The average molecular weight is 454 g/mol. The summed E-state index contributed by atoms with van der Waals surface area (Å²) in [5.74, 6) is -0.478. The van der Waals surface area contributed by atoms with Gasteiger partial charge in [0.25, 0.3) is 5.91 Å². The SMILES string of the molecule is CCN1CCc2nc3ccccc3c(C(=O)OCC(=O)Nc3ccc(OC)c(Cl)c3)c2C1. The molecule has 0 fully saturated rings. The molecule has 2 heterocycles. The van der Waals surface area contributed by atoms with Crippen LogP contribution in [0.1, 0.15) is 28.5 Å². The molecule has 0 atom stereocenters. The van der Waals surface area contributed by atoms with Crippen molar-refractivity contribution < 1.29 is 19.1 Å². The Morgan fingerprint density at radius 2 is 2.03 bits per heavy atom. The van der Waals surface area contributed by atoms with Crippen LogP contribution in [0, 0.1) is 0 Å². The molecule has 7 nitrogen and oxygen atoms in total. The van der Waals surface area contributed by atoms with Crippen molar-refractivity contribution >= 4 is 40.1 Å². The van der Waals surface area contributed by atoms with Gasteiger partial charge < -0.3 is 14.8 Å². The summed E-state index contributed by atoms with van der Waals surface area (Å²) in [4.78, 5) is 32.5. The molecule has 1 aliphatic heterocycles. The first-order chi connectivity index (χ1) is 15.5. The van der Waals surface area contributed by atoms with Crippen molar-refractivity contribution in [3.8, 4) is 5.75 Å². The van der Waals surface area contributed by atoms with Crippen LogP contribution in [0.25, 0.3) is 10.9 Å². The van der Waals surface area contributed by atoms with Crippen LogP contribution in [0.5, 0.6) is 5.75 Å². The Morgan fingerprint density at radius 1 is 1.22 bits per heavy atom. The van der Waals surface area contributed by atoms with Crippen LogP contribution in [0.15, 0.2) is 42.5 Å². The van der Waals surface area contributed by atoms with E-state index in [1.807, 2.05) is 24.3 Å². The summed E-state index contributed by atoms with van der Waals surface area (Å²) >= 11 is 6.10. The maximum absolute atomic E-state index is 13.1. The minimum absolute atomic E-state index is 0.373. The molecule has 0 bridgehead atoms. The van der Waals surface area contributed by atoms with Gasteiger partial charge in [-0.15, -0.1) is 0 Å². The largest absolute Gasteiger partial charge is 0.495 e. The number of likely N-dealkylation sites (N-methyl/N-ethyl adjacent to an activating group) is 1. The van der Waals surface area contributed by atoms with E-state index in [4.69, 9.17) is 26.1 Å². The number of esters is 1. The van der Waals surface area contributed by atoms with E-state index in [0.29, 0.717) is 28.6 Å². The number of para-hydroxylation sites is 1. The number of nitrogens with one attached hydrogen (secondary N) is 1. The van der Waals surface area contributed by atoms with Crippen LogP contribution in [0.4, 0.5) is 5.69 Å². The van der Waals surface area contributed by atoms with Crippen molar-refractivity contribution in [3.63, 3.8) is 0 Å². The van der Waals surface area contributed by atoms with E-state index in [0.717, 1.165) is 41.7 Å². The first-order valence-electron chi connectivity index (χ1n) is 10.4. The fraction of sp³-hybridized carbons (Fsp3) is 0.292. The van der Waals surface area contributed by atoms with Crippen molar-refractivity contribution in [1.82, 2.24) is 9.88 Å². The second-order valence-corrected chi connectivity index (χ2v) is 7.93. The van der Waals surface area contributed by atoms with Gasteiger partial charge in [0.15, 0.2) is 6.61 Å². The first kappa shape index (κ1) is 22.0. The first-order valence-corrected chi connectivity index (χ1v) is 10.8. The standard InChI is InChI=1S/C24H24ClN3O4/c1-3-28-11-10-20-17(13-28)23(16-6-4-5-7-19(16)27-20)24(30)32-14-22(29)26-15-8-9-21(31-2)18(25)12-15/h4-9,12H,3,10-11,13-14H2,1-2H3,(H,26,29). The van der Waals surface area contributed by atoms with E-state index >= 15 is 0 Å². The van der Waals surface area contributed by atoms with Crippen molar-refractivity contribution in [1.29, 1.82) is 0 Å². The van der Waals surface area contributed by atoms with Crippen molar-refractivity contribution in [2.24, 2.45) is 0 Å². The summed E-state index contributed by atoms with van der Waals surface area (Å²) in [6, 6.07) is 12.4. The van der Waals surface area contributed by atoms with Gasteiger partial charge in [-0.25, -0.2) is 4.79 Å². The lowest BCUT2D eigenvalue weighted by Crippen LogP contribution is -2.32. The summed E-state index contributed by atoms with van der Waals surface area (Å²) in [7, 11) is 1.51. The summed E-state index contributed by atoms with van der Waals surface area (Å²) < 4.78 is 10.5. The number of carbonyl (C=O) groups excluding carboxylic acids is 2. The molecule has 1 aliphatic rings. The van der Waals surface area contributed by atoms with Gasteiger partial charge in [0, 0.05) is 41.8 Å². The van der Waals surface area contributed by atoms with Gasteiger partial charge in [-0.2, -0.15) is 0 Å². The highest BCUT2D eigenvalue weighted by atomic mass is 35.5. The number of benzene rings is 2. The molecule has 8 heteroatoms. The van der Waals surface area contributed by atoms with Crippen molar-refractivity contribution in [3.05, 3.63) is 64.3 Å². The maximum atomic E-state index is 13.1. The highest BCUT2D eigenvalue weighted by Crippen LogP contribution is 2.29. The number of halogens is 1. The Hall–Kier alpha value is -3.16. The predicted octanol–water partition coefficient (Wildman–Crippen LogP) is 4.07. The second-order valence-electron chi connectivity index (χ2n) is 7.52. The lowest BCUT2D eigenvalue weighted by Gasteiger charge is -2.28. The fourth-order valence-corrected chi connectivity index (χ4v) is 4.15. The highest BCUT2D eigenvalue weighted by Gasteiger charge is 2.26. The van der Waals surface area contributed by atoms with Crippen LogP contribution in [-0.2, 0) is 22.5 Å². The van der Waals surface area contributed by atoms with Gasteiger partial charge in [-0.05, 0) is 30.8 Å². The fourth-order valence-electron chi connectivity index (χ4n) is 3.89. The summed E-state index contributed by atoms with van der Waals surface area (Å²) in [6.07, 6.45) is 0.771. The molecular weight excluding hydrogens is 430 g/mol. The molecule has 0 radical (unpaired) electrons. The number of aromatic nitrogens is 1. The lowest BCUT2D eigenvalue weighted by molar-refractivity contribution is -0.119. The quantitative estimate of drug-likeness (QED) is 0.567. The average Bonchev–Trinajstić information content (AvgIpc) is 2.80. The minimum atomic E-state index is -0.527. The Balaban J connectivity index is 1.53. The molecule has 1 N–H and O–H groups in total. The van der Waals surface area contributed by atoms with E-state index in [-0.39, 0.29) is 0 Å². The summed E-state index contributed by atoms with van der Waals surface area (Å²) in [5.41, 5.74) is 3.52. The number of fused-ring (bicyclic) bond motifs is 2. The van der Waals surface area contributed by atoms with Gasteiger partial charge in [0.2, 0.25) is 0 Å². The zero-order valence-corrected chi connectivity index (χ0v) is 18.7. The molecule has 4 rings (SSSR count). The number of hydrogen-bond donors (Lipinski definition) is 1. The van der Waals surface area contributed by atoms with E-state index in [2.05, 4.69) is 17.1 Å². The topological polar surface area (TPSA) is 80.8 Å². The number of anilines is 1. The third-order valence-corrected chi connectivity index (χ3v) is 5.84. The van der Waals surface area contributed by atoms with Crippen LogP contribution in [0.2, 0.25) is 5.02 Å². The molecule has 0 spiro atoms. The molecule has 0 saturated heterocycles. The number of pyridine rings is 1. The molecule has 0 saturated carbocycles. The number of hydrogen-bond acceptors (Lipinski definition) is 6. The zero-order chi connectivity index (χ0) is 22.7. The van der Waals surface area contributed by atoms with Gasteiger partial charge in [0.1, 0.15) is 5.75 Å². The Morgan fingerprint density at radius 3 is 2.78 bits per heavy atom. The number of methoxy groups -OCH3 is 1. The van der Waals surface area contributed by atoms with Crippen LogP contribution in [0.3, 0.4) is 0 Å². The molecule has 166 valence electrons. The predicted molar refractivity (Wildman–Crippen MR) is 123 cm³/mol. The number of amides is 1. The zero-order valence-electron chi connectivity index (χ0n) is 18.0. The Kier molecular flexibility index (Phi) is 6.58. The summed E-state index contributed by atoms with van der Waals surface area (Å²) in [5, 5.41) is 3.79. The minimum Gasteiger partial charge on any atom is -0.495 e. The van der Waals surface area contributed by atoms with E-state index < -0.39 is 18.5 Å². The highest BCUT2D eigenvalue weighted by molar-refractivity contribution is 6.32. The monoisotopic (exact) mass is 453 g/mol. The number of ether oxygens (including phenoxy) is 2.